The van der Waals surface area contributed by atoms with Crippen molar-refractivity contribution >= 4 is 21.6 Å². The molecule has 0 spiro atoms. The van der Waals surface area contributed by atoms with E-state index < -0.39 is 6.36 Å². The van der Waals surface area contributed by atoms with Gasteiger partial charge >= 0.3 is 6.36 Å². The van der Waals surface area contributed by atoms with Gasteiger partial charge in [0.1, 0.15) is 5.82 Å². The van der Waals surface area contributed by atoms with E-state index in [4.69, 9.17) is 0 Å². The quantitative estimate of drug-likeness (QED) is 0.903. The summed E-state index contributed by atoms with van der Waals surface area (Å²) in [5, 5.41) is 10.7. The van der Waals surface area contributed by atoms with Gasteiger partial charge in [-0.15, -0.1) is 23.4 Å². The average molecular weight is 365 g/mol. The maximum Gasteiger partial charge on any atom is 0.573 e. The van der Waals surface area contributed by atoms with E-state index in [9.17, 15) is 13.2 Å². The third kappa shape index (κ3) is 4.10. The Kier molecular flexibility index (Phi) is 4.40. The number of ether oxygens (including phenoxy) is 1. The van der Waals surface area contributed by atoms with E-state index in [1.807, 2.05) is 0 Å². The Labute approximate surface area is 127 Å². The number of halogens is 4. The number of nitrogens with one attached hydrogen (secondary N) is 1. The third-order valence-corrected chi connectivity index (χ3v) is 3.28. The molecule has 1 N–H and O–H groups in total. The van der Waals surface area contributed by atoms with Crippen LogP contribution in [0.25, 0.3) is 0 Å². The number of aryl methyl sites for hydroxylation is 1. The summed E-state index contributed by atoms with van der Waals surface area (Å²) in [5.74, 6) is 1.01. The van der Waals surface area contributed by atoms with Crippen LogP contribution < -0.4 is 10.1 Å². The predicted octanol–water partition coefficient (Wildman–Crippen LogP) is 3.40. The number of nitrogens with zero attached hydrogens (tertiary/aromatic N) is 3. The van der Waals surface area contributed by atoms with E-state index in [1.54, 1.807) is 24.6 Å². The molecule has 0 aliphatic heterocycles. The second-order valence-corrected chi connectivity index (χ2v) is 5.18. The van der Waals surface area contributed by atoms with Crippen LogP contribution in [0.1, 0.15) is 11.6 Å². The minimum atomic E-state index is -4.75. The molecule has 2 rings (SSSR count). The number of rotatable bonds is 4. The first kappa shape index (κ1) is 15.6. The molecule has 5 nitrogen and oxygen atoms in total. The van der Waals surface area contributed by atoms with Crippen molar-refractivity contribution in [2.45, 2.75) is 19.8 Å². The van der Waals surface area contributed by atoms with Gasteiger partial charge < -0.3 is 14.6 Å². The van der Waals surface area contributed by atoms with Gasteiger partial charge in [0, 0.05) is 11.5 Å². The smallest absolute Gasteiger partial charge is 0.404 e. The van der Waals surface area contributed by atoms with Crippen LogP contribution in [0.4, 0.5) is 18.9 Å². The molecule has 0 aliphatic carbocycles. The summed E-state index contributed by atoms with van der Waals surface area (Å²) in [6.45, 7) is 2.02. The van der Waals surface area contributed by atoms with Crippen molar-refractivity contribution in [2.75, 3.05) is 5.32 Å². The van der Waals surface area contributed by atoms with Crippen LogP contribution in [0, 0.1) is 6.92 Å². The normalized spacial score (nSPS) is 11.5. The fourth-order valence-electron chi connectivity index (χ4n) is 1.63. The number of alkyl halides is 3. The zero-order valence-corrected chi connectivity index (χ0v) is 12.8. The Morgan fingerprint density at radius 3 is 2.62 bits per heavy atom. The van der Waals surface area contributed by atoms with E-state index >= 15 is 0 Å². The van der Waals surface area contributed by atoms with Crippen LogP contribution in [-0.2, 0) is 13.6 Å². The first-order chi connectivity index (χ1) is 9.76. The highest BCUT2D eigenvalue weighted by Gasteiger charge is 2.32. The summed E-state index contributed by atoms with van der Waals surface area (Å²) in [7, 11) is 1.78. The molecule has 0 radical (unpaired) electrons. The molecular formula is C12H12BrF3N4O. The number of hydrogen-bond donors (Lipinski definition) is 1. The van der Waals surface area contributed by atoms with Gasteiger partial charge in [-0.1, -0.05) is 15.9 Å². The Bertz CT molecular complexity index is 642. The molecule has 9 heteroatoms. The first-order valence-corrected chi connectivity index (χ1v) is 6.69. The zero-order valence-electron chi connectivity index (χ0n) is 11.2. The second kappa shape index (κ2) is 5.92. The topological polar surface area (TPSA) is 52.0 Å². The predicted molar refractivity (Wildman–Crippen MR) is 73.9 cm³/mol. The van der Waals surface area contributed by atoms with Gasteiger partial charge in [0.2, 0.25) is 0 Å². The van der Waals surface area contributed by atoms with Crippen molar-refractivity contribution in [2.24, 2.45) is 7.05 Å². The van der Waals surface area contributed by atoms with Crippen LogP contribution >= 0.6 is 15.9 Å². The monoisotopic (exact) mass is 364 g/mol. The highest BCUT2D eigenvalue weighted by atomic mass is 79.9. The molecule has 1 aromatic heterocycles. The van der Waals surface area contributed by atoms with Crippen molar-refractivity contribution in [3.63, 3.8) is 0 Å². The molecule has 1 aromatic carbocycles. The lowest BCUT2D eigenvalue weighted by molar-refractivity contribution is -0.274. The first-order valence-electron chi connectivity index (χ1n) is 5.90. The Hall–Kier alpha value is -1.77. The highest BCUT2D eigenvalue weighted by Crippen LogP contribution is 2.33. The van der Waals surface area contributed by atoms with Gasteiger partial charge in [-0.05, 0) is 25.1 Å². The van der Waals surface area contributed by atoms with Gasteiger partial charge in [-0.25, -0.2) is 0 Å². The summed E-state index contributed by atoms with van der Waals surface area (Å²) in [4.78, 5) is 0. The zero-order chi connectivity index (χ0) is 15.6. The lowest BCUT2D eigenvalue weighted by Crippen LogP contribution is -2.18. The third-order valence-electron chi connectivity index (χ3n) is 2.79. The maximum atomic E-state index is 12.4. The van der Waals surface area contributed by atoms with Crippen LogP contribution in [0.2, 0.25) is 0 Å². The molecule has 0 aliphatic rings. The molecule has 0 atom stereocenters. The van der Waals surface area contributed by atoms with E-state index in [-0.39, 0.29) is 18.0 Å². The summed E-state index contributed by atoms with van der Waals surface area (Å²) in [5.41, 5.74) is 0.219. The molecule has 114 valence electrons. The largest absolute Gasteiger partial charge is 0.573 e. The fourth-order valence-corrected chi connectivity index (χ4v) is 1.97. The molecule has 2 aromatic rings. The van der Waals surface area contributed by atoms with E-state index in [2.05, 4.69) is 36.2 Å². The lowest BCUT2D eigenvalue weighted by atomic mass is 10.3. The van der Waals surface area contributed by atoms with Crippen LogP contribution in [0.5, 0.6) is 5.75 Å². The van der Waals surface area contributed by atoms with Crippen molar-refractivity contribution in [3.05, 3.63) is 34.3 Å². The van der Waals surface area contributed by atoms with Gasteiger partial charge in [-0.3, -0.25) is 0 Å². The number of aromatic nitrogens is 3. The van der Waals surface area contributed by atoms with Gasteiger partial charge in [-0.2, -0.15) is 0 Å². The van der Waals surface area contributed by atoms with Crippen molar-refractivity contribution in [1.29, 1.82) is 0 Å². The molecule has 0 unspecified atom stereocenters. The molecule has 0 amide bonds. The van der Waals surface area contributed by atoms with E-state index in [0.29, 0.717) is 10.3 Å². The summed E-state index contributed by atoms with van der Waals surface area (Å²) in [6.07, 6.45) is -4.75. The minimum absolute atomic E-state index is 0.219. The van der Waals surface area contributed by atoms with Crippen LogP contribution in [0.3, 0.4) is 0 Å². The van der Waals surface area contributed by atoms with Crippen molar-refractivity contribution in [3.8, 4) is 5.75 Å². The standard InChI is InChI=1S/C12H12BrF3N4O/c1-7-18-19-11(20(7)2)6-17-9-4-3-8(13)5-10(9)21-12(14,15)16/h3-5,17H,6H2,1-2H3. The Morgan fingerprint density at radius 2 is 2.05 bits per heavy atom. The van der Waals surface area contributed by atoms with Gasteiger partial charge in [0.15, 0.2) is 11.6 Å². The minimum Gasteiger partial charge on any atom is -0.404 e. The number of benzene rings is 1. The molecular weight excluding hydrogens is 353 g/mol. The van der Waals surface area contributed by atoms with Crippen molar-refractivity contribution < 1.29 is 17.9 Å². The Balaban J connectivity index is 2.17. The molecule has 0 saturated carbocycles. The molecule has 21 heavy (non-hydrogen) atoms. The van der Waals surface area contributed by atoms with Gasteiger partial charge in [0.25, 0.3) is 0 Å². The SMILES string of the molecule is Cc1nnc(CNc2ccc(Br)cc2OC(F)(F)F)n1C. The second-order valence-electron chi connectivity index (χ2n) is 4.26. The molecule has 1 heterocycles. The molecule has 0 fully saturated rings. The van der Waals surface area contributed by atoms with Gasteiger partial charge in [0.05, 0.1) is 12.2 Å². The maximum absolute atomic E-state index is 12.4. The summed E-state index contributed by atoms with van der Waals surface area (Å²) < 4.78 is 43.4. The highest BCUT2D eigenvalue weighted by molar-refractivity contribution is 9.10. The number of anilines is 1. The average Bonchev–Trinajstić information content (AvgIpc) is 2.67. The number of hydrogen-bond acceptors (Lipinski definition) is 4. The van der Waals surface area contributed by atoms with Crippen LogP contribution in [-0.4, -0.2) is 21.1 Å². The van der Waals surface area contributed by atoms with E-state index in [0.717, 1.165) is 5.82 Å². The van der Waals surface area contributed by atoms with Crippen LogP contribution in [0.15, 0.2) is 22.7 Å². The fraction of sp³-hybridized carbons (Fsp3) is 0.333. The Morgan fingerprint density at radius 1 is 1.33 bits per heavy atom. The summed E-state index contributed by atoms with van der Waals surface area (Å²) in [6, 6.07) is 4.36. The lowest BCUT2D eigenvalue weighted by Gasteiger charge is -2.14. The summed E-state index contributed by atoms with van der Waals surface area (Å²) >= 11 is 3.11. The van der Waals surface area contributed by atoms with E-state index in [1.165, 1.54) is 12.1 Å². The molecule has 0 bridgehead atoms. The molecule has 0 saturated heterocycles. The van der Waals surface area contributed by atoms with Crippen molar-refractivity contribution in [1.82, 2.24) is 14.8 Å².